The van der Waals surface area contributed by atoms with Gasteiger partial charge in [0.05, 0.1) is 17.5 Å². The van der Waals surface area contributed by atoms with E-state index < -0.39 is 11.7 Å². The van der Waals surface area contributed by atoms with E-state index in [1.807, 2.05) is 42.5 Å². The maximum Gasteiger partial charge on any atom is 0.416 e. The maximum absolute atomic E-state index is 12.9. The highest BCUT2D eigenvalue weighted by Crippen LogP contribution is 2.32. The van der Waals surface area contributed by atoms with Crippen LogP contribution in [-0.2, 0) is 6.18 Å². The lowest BCUT2D eigenvalue weighted by Crippen LogP contribution is -2.04. The Hall–Kier alpha value is -3.08. The van der Waals surface area contributed by atoms with E-state index in [0.29, 0.717) is 11.1 Å². The summed E-state index contributed by atoms with van der Waals surface area (Å²) in [4.78, 5) is 0. The summed E-state index contributed by atoms with van der Waals surface area (Å²) in [5.41, 5.74) is 4.97. The van der Waals surface area contributed by atoms with Crippen LogP contribution in [0.3, 0.4) is 0 Å². The quantitative estimate of drug-likeness (QED) is 0.470. The van der Waals surface area contributed by atoms with Gasteiger partial charge in [0.2, 0.25) is 0 Å². The van der Waals surface area contributed by atoms with E-state index in [2.05, 4.69) is 10.5 Å². The van der Waals surface area contributed by atoms with Crippen LogP contribution in [0.15, 0.2) is 84.0 Å². The zero-order valence-corrected chi connectivity index (χ0v) is 13.2. The van der Waals surface area contributed by atoms with Crippen molar-refractivity contribution in [2.75, 3.05) is 5.43 Å². The molecule has 0 heterocycles. The van der Waals surface area contributed by atoms with Crippen molar-refractivity contribution in [3.05, 3.63) is 90.0 Å². The van der Waals surface area contributed by atoms with E-state index >= 15 is 0 Å². The summed E-state index contributed by atoms with van der Waals surface area (Å²) < 4.78 is 38.8. The molecule has 0 aliphatic rings. The van der Waals surface area contributed by atoms with Crippen LogP contribution in [0.2, 0.25) is 0 Å². The van der Waals surface area contributed by atoms with Gasteiger partial charge in [0.15, 0.2) is 0 Å². The van der Waals surface area contributed by atoms with E-state index in [-0.39, 0.29) is 0 Å². The van der Waals surface area contributed by atoms with Crippen molar-refractivity contribution in [3.8, 4) is 11.1 Å². The second-order valence-electron chi connectivity index (χ2n) is 5.40. The number of alkyl halides is 3. The van der Waals surface area contributed by atoms with Crippen LogP contribution < -0.4 is 5.43 Å². The Bertz CT molecular complexity index is 871. The number of hydrogen-bond donors (Lipinski definition) is 1. The van der Waals surface area contributed by atoms with Crippen LogP contribution in [-0.4, -0.2) is 6.21 Å². The van der Waals surface area contributed by atoms with Gasteiger partial charge in [0, 0.05) is 5.56 Å². The summed E-state index contributed by atoms with van der Waals surface area (Å²) in [5.74, 6) is 0. The number of hydrogen-bond acceptors (Lipinski definition) is 2. The predicted molar refractivity (Wildman–Crippen MR) is 94.5 cm³/mol. The maximum atomic E-state index is 12.9. The molecular formula is C20H15F3N2. The minimum atomic E-state index is -4.37. The average Bonchev–Trinajstić information content (AvgIpc) is 2.62. The summed E-state index contributed by atoms with van der Waals surface area (Å²) in [5, 5.41) is 4.17. The van der Waals surface area contributed by atoms with Gasteiger partial charge in [-0.15, -0.1) is 0 Å². The molecule has 0 unspecified atom stereocenters. The number of benzene rings is 3. The molecule has 0 aromatic heterocycles. The minimum absolute atomic E-state index is 0.497. The number of halogens is 3. The number of para-hydroxylation sites is 1. The van der Waals surface area contributed by atoms with Gasteiger partial charge in [-0.3, -0.25) is 5.43 Å². The van der Waals surface area contributed by atoms with Crippen molar-refractivity contribution in [1.82, 2.24) is 0 Å². The molecule has 25 heavy (non-hydrogen) atoms. The normalized spacial score (nSPS) is 11.6. The summed E-state index contributed by atoms with van der Waals surface area (Å²) >= 11 is 0. The molecule has 1 N–H and O–H groups in total. The molecular weight excluding hydrogens is 325 g/mol. The summed E-state index contributed by atoms with van der Waals surface area (Å²) in [6, 6.07) is 21.9. The highest BCUT2D eigenvalue weighted by Gasteiger charge is 2.30. The molecule has 0 amide bonds. The lowest BCUT2D eigenvalue weighted by Gasteiger charge is -2.10. The monoisotopic (exact) mass is 340 g/mol. The lowest BCUT2D eigenvalue weighted by atomic mass is 9.98. The number of anilines is 1. The highest BCUT2D eigenvalue weighted by atomic mass is 19.4. The first-order valence-electron chi connectivity index (χ1n) is 7.65. The first kappa shape index (κ1) is 16.8. The molecule has 2 nitrogen and oxygen atoms in total. The second-order valence-corrected chi connectivity index (χ2v) is 5.40. The smallest absolute Gasteiger partial charge is 0.279 e. The Morgan fingerprint density at radius 3 is 2.28 bits per heavy atom. The lowest BCUT2D eigenvalue weighted by molar-refractivity contribution is -0.137. The zero-order chi connectivity index (χ0) is 17.7. The van der Waals surface area contributed by atoms with Crippen molar-refractivity contribution in [2.45, 2.75) is 6.18 Å². The Balaban J connectivity index is 1.89. The molecule has 3 rings (SSSR count). The standard InChI is InChI=1S/C20H15F3N2/c21-20(22,23)17-9-6-8-15(13-17)19-12-5-4-7-16(19)14-24-25-18-10-2-1-3-11-18/h1-14,25H. The van der Waals surface area contributed by atoms with Crippen LogP contribution in [0.4, 0.5) is 18.9 Å². The minimum Gasteiger partial charge on any atom is -0.279 e. The number of rotatable bonds is 4. The number of nitrogens with one attached hydrogen (secondary N) is 1. The fraction of sp³-hybridized carbons (Fsp3) is 0.0500. The Morgan fingerprint density at radius 2 is 1.52 bits per heavy atom. The van der Waals surface area contributed by atoms with Crippen LogP contribution in [0.5, 0.6) is 0 Å². The second kappa shape index (κ2) is 7.21. The largest absolute Gasteiger partial charge is 0.416 e. The van der Waals surface area contributed by atoms with E-state index in [4.69, 9.17) is 0 Å². The third-order valence-electron chi connectivity index (χ3n) is 3.63. The molecule has 126 valence electrons. The highest BCUT2D eigenvalue weighted by molar-refractivity contribution is 5.90. The van der Waals surface area contributed by atoms with E-state index in [0.717, 1.165) is 23.4 Å². The Morgan fingerprint density at radius 1 is 0.800 bits per heavy atom. The average molecular weight is 340 g/mol. The zero-order valence-electron chi connectivity index (χ0n) is 13.2. The summed E-state index contributed by atoms with van der Waals surface area (Å²) in [6.45, 7) is 0. The molecule has 0 aliphatic carbocycles. The van der Waals surface area contributed by atoms with Crippen LogP contribution in [0, 0.1) is 0 Å². The fourth-order valence-electron chi connectivity index (χ4n) is 2.42. The molecule has 0 atom stereocenters. The third kappa shape index (κ3) is 4.26. The molecule has 3 aromatic rings. The van der Waals surface area contributed by atoms with E-state index in [1.165, 1.54) is 6.07 Å². The van der Waals surface area contributed by atoms with Crippen molar-refractivity contribution < 1.29 is 13.2 Å². The predicted octanol–water partition coefficient (Wildman–Crippen LogP) is 5.82. The fourth-order valence-corrected chi connectivity index (χ4v) is 2.42. The molecule has 0 bridgehead atoms. The van der Waals surface area contributed by atoms with Gasteiger partial charge in [-0.25, -0.2) is 0 Å². The van der Waals surface area contributed by atoms with Crippen LogP contribution >= 0.6 is 0 Å². The van der Waals surface area contributed by atoms with E-state index in [9.17, 15) is 13.2 Å². The van der Waals surface area contributed by atoms with Gasteiger partial charge >= 0.3 is 6.18 Å². The van der Waals surface area contributed by atoms with Gasteiger partial charge in [-0.2, -0.15) is 18.3 Å². The number of hydrazone groups is 1. The Kier molecular flexibility index (Phi) is 4.84. The third-order valence-corrected chi connectivity index (χ3v) is 3.63. The Labute approximate surface area is 143 Å². The van der Waals surface area contributed by atoms with Crippen molar-refractivity contribution in [1.29, 1.82) is 0 Å². The van der Waals surface area contributed by atoms with Gasteiger partial charge in [-0.05, 0) is 35.4 Å². The number of nitrogens with zero attached hydrogens (tertiary/aromatic N) is 1. The van der Waals surface area contributed by atoms with E-state index in [1.54, 1.807) is 24.4 Å². The van der Waals surface area contributed by atoms with Gasteiger partial charge < -0.3 is 0 Å². The molecule has 0 aliphatic heterocycles. The van der Waals surface area contributed by atoms with Crippen LogP contribution in [0.25, 0.3) is 11.1 Å². The topological polar surface area (TPSA) is 24.4 Å². The van der Waals surface area contributed by atoms with Crippen molar-refractivity contribution in [2.24, 2.45) is 5.10 Å². The summed E-state index contributed by atoms with van der Waals surface area (Å²) in [7, 11) is 0. The molecule has 0 spiro atoms. The molecule has 3 aromatic carbocycles. The van der Waals surface area contributed by atoms with Crippen LogP contribution in [0.1, 0.15) is 11.1 Å². The first-order valence-corrected chi connectivity index (χ1v) is 7.65. The first-order chi connectivity index (χ1) is 12.0. The van der Waals surface area contributed by atoms with Gasteiger partial charge in [0.25, 0.3) is 0 Å². The van der Waals surface area contributed by atoms with Gasteiger partial charge in [-0.1, -0.05) is 54.6 Å². The summed E-state index contributed by atoms with van der Waals surface area (Å²) in [6.07, 6.45) is -2.77. The molecule has 0 fully saturated rings. The molecule has 0 saturated carbocycles. The molecule has 0 saturated heterocycles. The van der Waals surface area contributed by atoms with Crippen molar-refractivity contribution >= 4 is 11.9 Å². The SMILES string of the molecule is FC(F)(F)c1cccc(-c2ccccc2C=NNc2ccccc2)c1. The molecule has 5 heteroatoms. The molecule has 0 radical (unpaired) electrons. The van der Waals surface area contributed by atoms with Crippen molar-refractivity contribution in [3.63, 3.8) is 0 Å². The van der Waals surface area contributed by atoms with Gasteiger partial charge in [0.1, 0.15) is 0 Å².